The Labute approximate surface area is 82.0 Å². The number of hydrogen-bond donors (Lipinski definition) is 2. The lowest BCUT2D eigenvalue weighted by molar-refractivity contribution is 0.472. The van der Waals surface area contributed by atoms with Crippen LogP contribution >= 0.6 is 19.0 Å². The van der Waals surface area contributed by atoms with Crippen LogP contribution in [0.1, 0.15) is 11.3 Å². The average Bonchev–Trinajstić information content (AvgIpc) is 2.02. The maximum absolute atomic E-state index is 11.2. The lowest BCUT2D eigenvalue weighted by Crippen LogP contribution is -2.10. The largest absolute Gasteiger partial charge is 0.343 e. The molecule has 2 atom stereocenters. The van der Waals surface area contributed by atoms with Crippen LogP contribution in [0, 0.1) is 0 Å². The summed E-state index contributed by atoms with van der Waals surface area (Å²) in [6.07, 6.45) is 0. The van der Waals surface area contributed by atoms with Crippen molar-refractivity contribution in [2.24, 2.45) is 5.73 Å². The quantitative estimate of drug-likeness (QED) is 0.750. The van der Waals surface area contributed by atoms with E-state index in [-0.39, 0.29) is 0 Å². The van der Waals surface area contributed by atoms with Crippen LogP contribution in [-0.2, 0) is 4.57 Å². The van der Waals surface area contributed by atoms with Crippen molar-refractivity contribution < 1.29 is 9.46 Å². The van der Waals surface area contributed by atoms with E-state index in [0.717, 1.165) is 0 Å². The predicted molar refractivity (Wildman–Crippen MR) is 54.1 cm³/mol. The summed E-state index contributed by atoms with van der Waals surface area (Å²) < 4.78 is 11.2. The highest BCUT2D eigenvalue weighted by Crippen LogP contribution is 2.49. The van der Waals surface area contributed by atoms with Crippen LogP contribution in [0.2, 0.25) is 5.02 Å². The third-order valence-electron chi connectivity index (χ3n) is 1.74. The van der Waals surface area contributed by atoms with Gasteiger partial charge in [-0.3, -0.25) is 4.57 Å². The van der Waals surface area contributed by atoms with Crippen molar-refractivity contribution in [2.75, 3.05) is 6.66 Å². The smallest absolute Gasteiger partial charge is 0.218 e. The summed E-state index contributed by atoms with van der Waals surface area (Å²) in [5, 5.41) is 0.422. The van der Waals surface area contributed by atoms with Gasteiger partial charge in [-0.25, -0.2) is 0 Å². The number of halogens is 1. The minimum absolute atomic E-state index is 0.422. The Morgan fingerprint density at radius 1 is 1.54 bits per heavy atom. The zero-order valence-corrected chi connectivity index (χ0v) is 8.80. The van der Waals surface area contributed by atoms with Crippen molar-refractivity contribution in [3.05, 3.63) is 34.9 Å². The molecule has 0 aromatic heterocycles. The second-order valence-electron chi connectivity index (χ2n) is 2.91. The van der Waals surface area contributed by atoms with Gasteiger partial charge >= 0.3 is 0 Å². The SMILES string of the molecule is CP(=O)(O)[C@@H](N)c1ccccc1Cl. The molecule has 0 fully saturated rings. The second kappa shape index (κ2) is 3.81. The average molecular weight is 220 g/mol. The molecule has 0 aliphatic carbocycles. The fourth-order valence-corrected chi connectivity index (χ4v) is 2.04. The summed E-state index contributed by atoms with van der Waals surface area (Å²) in [5.41, 5.74) is 6.09. The Bertz CT molecular complexity index is 350. The van der Waals surface area contributed by atoms with E-state index in [1.54, 1.807) is 24.3 Å². The van der Waals surface area contributed by atoms with Crippen molar-refractivity contribution in [3.8, 4) is 0 Å². The molecule has 0 aliphatic heterocycles. The first-order valence-electron chi connectivity index (χ1n) is 3.73. The van der Waals surface area contributed by atoms with Gasteiger partial charge in [-0.1, -0.05) is 29.8 Å². The highest BCUT2D eigenvalue weighted by molar-refractivity contribution is 7.57. The summed E-state index contributed by atoms with van der Waals surface area (Å²) in [5.74, 6) is -0.902. The van der Waals surface area contributed by atoms with Crippen LogP contribution in [0.3, 0.4) is 0 Å². The first-order valence-corrected chi connectivity index (χ1v) is 6.28. The van der Waals surface area contributed by atoms with E-state index in [4.69, 9.17) is 17.3 Å². The predicted octanol–water partition coefficient (Wildman–Crippen LogP) is 2.20. The number of nitrogens with two attached hydrogens (primary N) is 1. The topological polar surface area (TPSA) is 63.3 Å². The van der Waals surface area contributed by atoms with Gasteiger partial charge < -0.3 is 10.6 Å². The molecule has 13 heavy (non-hydrogen) atoms. The standard InChI is InChI=1S/C8H11ClNO2P/c1-13(11,12)8(10)6-4-2-3-5-7(6)9/h2-5,8H,10H2,1H3,(H,11,12)/t8-/m1/s1. The second-order valence-corrected chi connectivity index (χ2v) is 5.76. The maximum Gasteiger partial charge on any atom is 0.218 e. The van der Waals surface area contributed by atoms with Gasteiger partial charge in [0.1, 0.15) is 5.78 Å². The molecule has 0 bridgehead atoms. The monoisotopic (exact) mass is 219 g/mol. The fourth-order valence-electron chi connectivity index (χ4n) is 0.973. The first-order chi connectivity index (χ1) is 5.93. The van der Waals surface area contributed by atoms with Crippen molar-refractivity contribution >= 4 is 19.0 Å². The van der Waals surface area contributed by atoms with Crippen molar-refractivity contribution in [3.63, 3.8) is 0 Å². The van der Waals surface area contributed by atoms with Crippen LogP contribution < -0.4 is 5.73 Å². The first kappa shape index (κ1) is 10.7. The Kier molecular flexibility index (Phi) is 3.14. The zero-order valence-electron chi connectivity index (χ0n) is 7.14. The molecular formula is C8H11ClNO2P. The highest BCUT2D eigenvalue weighted by atomic mass is 35.5. The summed E-state index contributed by atoms with van der Waals surface area (Å²) in [4.78, 5) is 9.24. The molecule has 72 valence electrons. The summed E-state index contributed by atoms with van der Waals surface area (Å²) >= 11 is 5.81. The minimum atomic E-state index is -3.31. The van der Waals surface area contributed by atoms with E-state index in [2.05, 4.69) is 0 Å². The number of hydrogen-bond acceptors (Lipinski definition) is 2. The van der Waals surface area contributed by atoms with Crippen molar-refractivity contribution in [1.82, 2.24) is 0 Å². The van der Waals surface area contributed by atoms with Crippen LogP contribution in [0.5, 0.6) is 0 Å². The zero-order chi connectivity index (χ0) is 10.1. The van der Waals surface area contributed by atoms with Crippen LogP contribution in [-0.4, -0.2) is 11.6 Å². The van der Waals surface area contributed by atoms with E-state index in [1.165, 1.54) is 6.66 Å². The van der Waals surface area contributed by atoms with Crippen molar-refractivity contribution in [2.45, 2.75) is 5.78 Å². The minimum Gasteiger partial charge on any atom is -0.343 e. The molecule has 5 heteroatoms. The molecule has 1 aromatic carbocycles. The molecule has 1 unspecified atom stereocenters. The normalized spacial score (nSPS) is 17.8. The third kappa shape index (κ3) is 2.55. The summed E-state index contributed by atoms with van der Waals surface area (Å²) in [6, 6.07) is 6.78. The van der Waals surface area contributed by atoms with E-state index < -0.39 is 13.2 Å². The molecule has 0 aliphatic rings. The van der Waals surface area contributed by atoms with Gasteiger partial charge in [0.2, 0.25) is 7.37 Å². The molecule has 0 amide bonds. The van der Waals surface area contributed by atoms with E-state index >= 15 is 0 Å². The van der Waals surface area contributed by atoms with E-state index in [1.807, 2.05) is 0 Å². The van der Waals surface area contributed by atoms with Crippen molar-refractivity contribution in [1.29, 1.82) is 0 Å². The molecular weight excluding hydrogens is 209 g/mol. The molecule has 0 spiro atoms. The molecule has 1 rings (SSSR count). The number of rotatable bonds is 2. The summed E-state index contributed by atoms with van der Waals surface area (Å²) in [7, 11) is -3.31. The lowest BCUT2D eigenvalue weighted by atomic mass is 10.2. The van der Waals surface area contributed by atoms with Crippen LogP contribution in [0.25, 0.3) is 0 Å². The van der Waals surface area contributed by atoms with Crippen LogP contribution in [0.15, 0.2) is 24.3 Å². The third-order valence-corrected chi connectivity index (χ3v) is 3.39. The highest BCUT2D eigenvalue weighted by Gasteiger charge is 2.24. The molecule has 1 aromatic rings. The van der Waals surface area contributed by atoms with Gasteiger partial charge in [0.25, 0.3) is 0 Å². The molecule has 0 heterocycles. The molecule has 3 nitrogen and oxygen atoms in total. The summed E-state index contributed by atoms with van der Waals surface area (Å²) in [6.45, 7) is 1.22. The van der Waals surface area contributed by atoms with Crippen LogP contribution in [0.4, 0.5) is 0 Å². The number of benzene rings is 1. The van der Waals surface area contributed by atoms with Gasteiger partial charge in [0.15, 0.2) is 0 Å². The Balaban J connectivity index is 3.09. The van der Waals surface area contributed by atoms with E-state index in [9.17, 15) is 9.46 Å². The van der Waals surface area contributed by atoms with Gasteiger partial charge in [0, 0.05) is 11.7 Å². The lowest BCUT2D eigenvalue weighted by Gasteiger charge is -2.16. The molecule has 0 radical (unpaired) electrons. The molecule has 0 saturated heterocycles. The molecule has 3 N–H and O–H groups in total. The maximum atomic E-state index is 11.2. The Morgan fingerprint density at radius 3 is 2.54 bits per heavy atom. The van der Waals surface area contributed by atoms with Gasteiger partial charge in [-0.15, -0.1) is 0 Å². The Hall–Kier alpha value is -0.340. The molecule has 0 saturated carbocycles. The Morgan fingerprint density at radius 2 is 2.08 bits per heavy atom. The van der Waals surface area contributed by atoms with Gasteiger partial charge in [-0.05, 0) is 11.6 Å². The van der Waals surface area contributed by atoms with Gasteiger partial charge in [-0.2, -0.15) is 0 Å². The fraction of sp³-hybridized carbons (Fsp3) is 0.250. The van der Waals surface area contributed by atoms with E-state index in [0.29, 0.717) is 10.6 Å². The van der Waals surface area contributed by atoms with Gasteiger partial charge in [0.05, 0.1) is 0 Å².